The van der Waals surface area contributed by atoms with Crippen molar-refractivity contribution in [1.82, 2.24) is 0 Å². The van der Waals surface area contributed by atoms with Gasteiger partial charge in [0, 0.05) is 6.54 Å². The molecule has 4 N–H and O–H groups in total. The predicted octanol–water partition coefficient (Wildman–Crippen LogP) is 2.23. The first-order valence-corrected chi connectivity index (χ1v) is 6.00. The molecule has 1 rings (SSSR count). The lowest BCUT2D eigenvalue weighted by Crippen LogP contribution is -2.24. The second kappa shape index (κ2) is 5.71. The first-order chi connectivity index (χ1) is 7.89. The Kier molecular flexibility index (Phi) is 4.55. The zero-order chi connectivity index (χ0) is 12.9. The molecule has 0 amide bonds. The molecule has 0 heterocycles. The Morgan fingerprint density at radius 3 is 2.29 bits per heavy atom. The molecule has 0 fully saturated rings. The molecule has 0 atom stereocenters. The van der Waals surface area contributed by atoms with E-state index in [9.17, 15) is 0 Å². The molecular weight excluding hydrogens is 210 g/mol. The maximum atomic E-state index is 5.32. The van der Waals surface area contributed by atoms with Crippen molar-refractivity contribution < 1.29 is 0 Å². The van der Waals surface area contributed by atoms with Crippen LogP contribution in [0, 0.1) is 12.3 Å². The van der Waals surface area contributed by atoms with E-state index in [0.717, 1.165) is 12.8 Å². The standard InChI is InChI=1S/C14H23N3/c1-11-4-6-12(7-5-11)10-14(2,3)8-9-17-13(15)16/h4-7H,8-10H2,1-3H3,(H4,15,16,17). The summed E-state index contributed by atoms with van der Waals surface area (Å²) in [6.07, 6.45) is 2.03. The van der Waals surface area contributed by atoms with E-state index >= 15 is 0 Å². The maximum Gasteiger partial charge on any atom is 0.185 e. The SMILES string of the molecule is Cc1ccc(CC(C)(C)CCN=C(N)N)cc1. The lowest BCUT2D eigenvalue weighted by molar-refractivity contribution is 0.339. The number of benzene rings is 1. The van der Waals surface area contributed by atoms with Crippen molar-refractivity contribution in [3.63, 3.8) is 0 Å². The summed E-state index contributed by atoms with van der Waals surface area (Å²) in [7, 11) is 0. The summed E-state index contributed by atoms with van der Waals surface area (Å²) in [5.74, 6) is 0.177. The van der Waals surface area contributed by atoms with E-state index < -0.39 is 0 Å². The van der Waals surface area contributed by atoms with Gasteiger partial charge in [0.2, 0.25) is 0 Å². The molecule has 3 nitrogen and oxygen atoms in total. The van der Waals surface area contributed by atoms with Crippen molar-refractivity contribution in [2.24, 2.45) is 21.9 Å². The third-order valence-electron chi connectivity index (χ3n) is 2.89. The Morgan fingerprint density at radius 2 is 1.76 bits per heavy atom. The molecular formula is C14H23N3. The van der Waals surface area contributed by atoms with Crippen LogP contribution in [0.5, 0.6) is 0 Å². The Hall–Kier alpha value is -1.51. The zero-order valence-corrected chi connectivity index (χ0v) is 11.0. The van der Waals surface area contributed by atoms with Crippen LogP contribution in [0.25, 0.3) is 0 Å². The molecule has 0 radical (unpaired) electrons. The fourth-order valence-corrected chi connectivity index (χ4v) is 1.83. The second-order valence-electron chi connectivity index (χ2n) is 5.38. The van der Waals surface area contributed by atoms with Crippen LogP contribution < -0.4 is 11.5 Å². The van der Waals surface area contributed by atoms with Crippen LogP contribution in [0.3, 0.4) is 0 Å². The van der Waals surface area contributed by atoms with Gasteiger partial charge in [0.1, 0.15) is 0 Å². The van der Waals surface area contributed by atoms with Gasteiger partial charge in [-0.2, -0.15) is 0 Å². The molecule has 0 aliphatic heterocycles. The van der Waals surface area contributed by atoms with E-state index in [2.05, 4.69) is 50.0 Å². The van der Waals surface area contributed by atoms with Crippen LogP contribution in [0.4, 0.5) is 0 Å². The quantitative estimate of drug-likeness (QED) is 0.605. The van der Waals surface area contributed by atoms with Gasteiger partial charge >= 0.3 is 0 Å². The molecule has 17 heavy (non-hydrogen) atoms. The van der Waals surface area contributed by atoms with E-state index in [0.29, 0.717) is 6.54 Å². The lowest BCUT2D eigenvalue weighted by atomic mass is 9.82. The topological polar surface area (TPSA) is 64.4 Å². The van der Waals surface area contributed by atoms with Crippen molar-refractivity contribution in [3.8, 4) is 0 Å². The minimum Gasteiger partial charge on any atom is -0.370 e. The van der Waals surface area contributed by atoms with Gasteiger partial charge in [0.05, 0.1) is 0 Å². The fraction of sp³-hybridized carbons (Fsp3) is 0.500. The van der Waals surface area contributed by atoms with Crippen molar-refractivity contribution in [2.45, 2.75) is 33.6 Å². The molecule has 0 saturated heterocycles. The number of aryl methyl sites for hydroxylation is 1. The highest BCUT2D eigenvalue weighted by Gasteiger charge is 2.17. The number of hydrogen-bond donors (Lipinski definition) is 2. The number of nitrogens with zero attached hydrogens (tertiary/aromatic N) is 1. The Balaban J connectivity index is 2.53. The van der Waals surface area contributed by atoms with Gasteiger partial charge < -0.3 is 11.5 Å². The first-order valence-electron chi connectivity index (χ1n) is 6.00. The van der Waals surface area contributed by atoms with Gasteiger partial charge in [-0.1, -0.05) is 43.7 Å². The summed E-state index contributed by atoms with van der Waals surface area (Å²) in [5, 5.41) is 0. The number of guanidine groups is 1. The van der Waals surface area contributed by atoms with Gasteiger partial charge in [-0.15, -0.1) is 0 Å². The molecule has 0 aliphatic rings. The van der Waals surface area contributed by atoms with Crippen LogP contribution in [0.15, 0.2) is 29.3 Å². The monoisotopic (exact) mass is 233 g/mol. The van der Waals surface area contributed by atoms with Crippen LogP contribution in [0.2, 0.25) is 0 Å². The Morgan fingerprint density at radius 1 is 1.18 bits per heavy atom. The van der Waals surface area contributed by atoms with Crippen LogP contribution in [0.1, 0.15) is 31.4 Å². The highest BCUT2D eigenvalue weighted by atomic mass is 15.0. The van der Waals surface area contributed by atoms with Gasteiger partial charge in [-0.3, -0.25) is 4.99 Å². The highest BCUT2D eigenvalue weighted by Crippen LogP contribution is 2.26. The lowest BCUT2D eigenvalue weighted by Gasteiger charge is -2.23. The molecule has 3 heteroatoms. The molecule has 94 valence electrons. The molecule has 1 aromatic carbocycles. The zero-order valence-electron chi connectivity index (χ0n) is 11.0. The number of hydrogen-bond acceptors (Lipinski definition) is 1. The molecule has 0 unspecified atom stereocenters. The van der Waals surface area contributed by atoms with Crippen molar-refractivity contribution in [3.05, 3.63) is 35.4 Å². The van der Waals surface area contributed by atoms with Crippen molar-refractivity contribution in [2.75, 3.05) is 6.54 Å². The summed E-state index contributed by atoms with van der Waals surface area (Å²) < 4.78 is 0. The average Bonchev–Trinajstić information content (AvgIpc) is 2.20. The summed E-state index contributed by atoms with van der Waals surface area (Å²) in [4.78, 5) is 4.04. The normalized spacial score (nSPS) is 11.2. The van der Waals surface area contributed by atoms with E-state index in [-0.39, 0.29) is 11.4 Å². The number of aliphatic imine (C=N–C) groups is 1. The van der Waals surface area contributed by atoms with Gasteiger partial charge in [0.25, 0.3) is 0 Å². The fourth-order valence-electron chi connectivity index (χ4n) is 1.83. The maximum absolute atomic E-state index is 5.32. The van der Waals surface area contributed by atoms with Crippen molar-refractivity contribution >= 4 is 5.96 Å². The average molecular weight is 233 g/mol. The number of nitrogens with two attached hydrogens (primary N) is 2. The Bertz CT molecular complexity index is 373. The molecule has 1 aromatic rings. The van der Waals surface area contributed by atoms with Gasteiger partial charge in [-0.25, -0.2) is 0 Å². The smallest absolute Gasteiger partial charge is 0.185 e. The predicted molar refractivity (Wildman–Crippen MR) is 74.0 cm³/mol. The third-order valence-corrected chi connectivity index (χ3v) is 2.89. The largest absolute Gasteiger partial charge is 0.370 e. The van der Waals surface area contributed by atoms with E-state index in [4.69, 9.17) is 11.5 Å². The molecule has 0 aliphatic carbocycles. The Labute approximate surface area is 104 Å². The second-order valence-corrected chi connectivity index (χ2v) is 5.38. The van der Waals surface area contributed by atoms with Crippen LogP contribution in [-0.4, -0.2) is 12.5 Å². The van der Waals surface area contributed by atoms with E-state index in [1.54, 1.807) is 0 Å². The van der Waals surface area contributed by atoms with Crippen LogP contribution >= 0.6 is 0 Å². The van der Waals surface area contributed by atoms with Crippen LogP contribution in [-0.2, 0) is 6.42 Å². The first kappa shape index (κ1) is 13.6. The summed E-state index contributed by atoms with van der Waals surface area (Å²) >= 11 is 0. The summed E-state index contributed by atoms with van der Waals surface area (Å²) in [6, 6.07) is 8.69. The summed E-state index contributed by atoms with van der Waals surface area (Å²) in [5.41, 5.74) is 13.5. The minimum atomic E-state index is 0.177. The number of rotatable bonds is 5. The minimum absolute atomic E-state index is 0.177. The summed E-state index contributed by atoms with van der Waals surface area (Å²) in [6.45, 7) is 7.29. The third kappa shape index (κ3) is 5.38. The molecule has 0 spiro atoms. The molecule has 0 saturated carbocycles. The van der Waals surface area contributed by atoms with Crippen molar-refractivity contribution in [1.29, 1.82) is 0 Å². The van der Waals surface area contributed by atoms with E-state index in [1.807, 2.05) is 0 Å². The van der Waals surface area contributed by atoms with Gasteiger partial charge in [0.15, 0.2) is 5.96 Å². The van der Waals surface area contributed by atoms with Gasteiger partial charge in [-0.05, 0) is 30.7 Å². The van der Waals surface area contributed by atoms with E-state index in [1.165, 1.54) is 11.1 Å². The molecule has 0 aromatic heterocycles. The highest BCUT2D eigenvalue weighted by molar-refractivity contribution is 5.75. The molecule has 0 bridgehead atoms.